The first-order valence-electron chi connectivity index (χ1n) is 6.13. The summed E-state index contributed by atoms with van der Waals surface area (Å²) in [6, 6.07) is 1.70. The van der Waals surface area contributed by atoms with Gasteiger partial charge in [0, 0.05) is 38.8 Å². The molecule has 5 nitrogen and oxygen atoms in total. The second-order valence-corrected chi connectivity index (χ2v) is 4.15. The van der Waals surface area contributed by atoms with Crippen LogP contribution in [0.2, 0.25) is 0 Å². The summed E-state index contributed by atoms with van der Waals surface area (Å²) in [5, 5.41) is 3.23. The lowest BCUT2D eigenvalue weighted by atomic mass is 10.2. The Morgan fingerprint density at radius 2 is 2.24 bits per heavy atom. The molecule has 1 saturated heterocycles. The van der Waals surface area contributed by atoms with Crippen LogP contribution in [-0.4, -0.2) is 47.0 Å². The molecule has 0 saturated carbocycles. The van der Waals surface area contributed by atoms with E-state index < -0.39 is 0 Å². The second kappa shape index (κ2) is 5.72. The van der Waals surface area contributed by atoms with Gasteiger partial charge in [0.2, 0.25) is 0 Å². The predicted octanol–water partition coefficient (Wildman–Crippen LogP) is 0.474. The number of aromatic nitrogens is 2. The highest BCUT2D eigenvalue weighted by molar-refractivity contribution is 5.92. The van der Waals surface area contributed by atoms with Crippen molar-refractivity contribution in [3.63, 3.8) is 0 Å². The van der Waals surface area contributed by atoms with E-state index in [1.807, 2.05) is 4.90 Å². The second-order valence-electron chi connectivity index (χ2n) is 4.15. The van der Waals surface area contributed by atoms with Gasteiger partial charge in [0.05, 0.1) is 0 Å². The van der Waals surface area contributed by atoms with Gasteiger partial charge < -0.3 is 10.2 Å². The van der Waals surface area contributed by atoms with Crippen LogP contribution >= 0.6 is 0 Å². The van der Waals surface area contributed by atoms with E-state index in [1.165, 1.54) is 0 Å². The fraction of sp³-hybridized carbons (Fsp3) is 0.583. The van der Waals surface area contributed by atoms with Crippen molar-refractivity contribution < 1.29 is 4.79 Å². The zero-order valence-electron chi connectivity index (χ0n) is 10.1. The minimum absolute atomic E-state index is 0.0197. The fourth-order valence-electron chi connectivity index (χ4n) is 1.89. The lowest BCUT2D eigenvalue weighted by molar-refractivity contribution is 0.0729. The maximum Gasteiger partial charge on any atom is 0.272 e. The molecular weight excluding hydrogens is 216 g/mol. The summed E-state index contributed by atoms with van der Waals surface area (Å²) in [6.07, 6.45) is 3.49. The van der Waals surface area contributed by atoms with Crippen molar-refractivity contribution in [3.05, 3.63) is 23.8 Å². The topological polar surface area (TPSA) is 58.1 Å². The Kier molecular flexibility index (Phi) is 4.03. The zero-order chi connectivity index (χ0) is 12.1. The monoisotopic (exact) mass is 234 g/mol. The molecule has 2 rings (SSSR count). The highest BCUT2D eigenvalue weighted by Crippen LogP contribution is 2.04. The summed E-state index contributed by atoms with van der Waals surface area (Å²) in [7, 11) is 0. The lowest BCUT2D eigenvalue weighted by Crippen LogP contribution is -2.46. The van der Waals surface area contributed by atoms with Crippen LogP contribution in [0.15, 0.2) is 12.3 Å². The summed E-state index contributed by atoms with van der Waals surface area (Å²) in [6.45, 7) is 5.31. The molecule has 1 fully saturated rings. The van der Waals surface area contributed by atoms with Crippen molar-refractivity contribution in [1.82, 2.24) is 20.2 Å². The summed E-state index contributed by atoms with van der Waals surface area (Å²) in [5.41, 5.74) is 0.519. The number of rotatable bonds is 3. The molecule has 0 radical (unpaired) electrons. The number of hydrogen-bond donors (Lipinski definition) is 1. The van der Waals surface area contributed by atoms with E-state index in [-0.39, 0.29) is 5.91 Å². The molecule has 1 N–H and O–H groups in total. The summed E-state index contributed by atoms with van der Waals surface area (Å²) >= 11 is 0. The standard InChI is InChI=1S/C12H18N4O/c1-2-3-11-14-5-4-10(15-11)12(17)16-8-6-13-7-9-16/h4-5,13H,2-3,6-9H2,1H3. The number of nitrogens with one attached hydrogen (secondary N) is 1. The largest absolute Gasteiger partial charge is 0.335 e. The van der Waals surface area contributed by atoms with Crippen molar-refractivity contribution >= 4 is 5.91 Å². The molecule has 5 heteroatoms. The van der Waals surface area contributed by atoms with Crippen molar-refractivity contribution in [1.29, 1.82) is 0 Å². The van der Waals surface area contributed by atoms with E-state index >= 15 is 0 Å². The van der Waals surface area contributed by atoms with Gasteiger partial charge in [-0.15, -0.1) is 0 Å². The minimum atomic E-state index is 0.0197. The number of nitrogens with zero attached hydrogens (tertiary/aromatic N) is 3. The number of hydrogen-bond acceptors (Lipinski definition) is 4. The van der Waals surface area contributed by atoms with E-state index in [9.17, 15) is 4.79 Å². The highest BCUT2D eigenvalue weighted by atomic mass is 16.2. The third-order valence-electron chi connectivity index (χ3n) is 2.80. The first kappa shape index (κ1) is 12.0. The molecule has 0 spiro atoms. The Labute approximate surface area is 101 Å². The van der Waals surface area contributed by atoms with Gasteiger partial charge in [0.25, 0.3) is 5.91 Å². The third kappa shape index (κ3) is 3.00. The first-order valence-corrected chi connectivity index (χ1v) is 6.13. The molecule has 2 heterocycles. The highest BCUT2D eigenvalue weighted by Gasteiger charge is 2.19. The maximum atomic E-state index is 12.2. The van der Waals surface area contributed by atoms with E-state index in [0.29, 0.717) is 5.69 Å². The fourth-order valence-corrected chi connectivity index (χ4v) is 1.89. The van der Waals surface area contributed by atoms with Gasteiger partial charge >= 0.3 is 0 Å². The molecule has 17 heavy (non-hydrogen) atoms. The van der Waals surface area contributed by atoms with Crippen LogP contribution in [-0.2, 0) is 6.42 Å². The van der Waals surface area contributed by atoms with Crippen LogP contribution < -0.4 is 5.32 Å². The summed E-state index contributed by atoms with van der Waals surface area (Å²) in [4.78, 5) is 22.5. The molecule has 1 aliphatic rings. The van der Waals surface area contributed by atoms with Gasteiger partial charge in [0.1, 0.15) is 11.5 Å². The quantitative estimate of drug-likeness (QED) is 0.826. The van der Waals surface area contributed by atoms with Crippen LogP contribution in [0.25, 0.3) is 0 Å². The predicted molar refractivity (Wildman–Crippen MR) is 64.8 cm³/mol. The van der Waals surface area contributed by atoms with Crippen LogP contribution in [0.3, 0.4) is 0 Å². The van der Waals surface area contributed by atoms with E-state index in [0.717, 1.165) is 44.8 Å². The van der Waals surface area contributed by atoms with Crippen LogP contribution in [0.5, 0.6) is 0 Å². The molecule has 1 aliphatic heterocycles. The molecule has 0 unspecified atom stereocenters. The number of aryl methyl sites for hydroxylation is 1. The average Bonchev–Trinajstić information content (AvgIpc) is 2.40. The summed E-state index contributed by atoms with van der Waals surface area (Å²) < 4.78 is 0. The minimum Gasteiger partial charge on any atom is -0.335 e. The smallest absolute Gasteiger partial charge is 0.272 e. The molecule has 0 aromatic carbocycles. The maximum absolute atomic E-state index is 12.2. The van der Waals surface area contributed by atoms with Gasteiger partial charge in [-0.3, -0.25) is 4.79 Å². The Balaban J connectivity index is 2.09. The normalized spacial score (nSPS) is 15.9. The van der Waals surface area contributed by atoms with Crippen molar-refractivity contribution in [2.45, 2.75) is 19.8 Å². The lowest BCUT2D eigenvalue weighted by Gasteiger charge is -2.27. The molecule has 0 atom stereocenters. The van der Waals surface area contributed by atoms with E-state index in [4.69, 9.17) is 0 Å². The van der Waals surface area contributed by atoms with Crippen molar-refractivity contribution in [2.75, 3.05) is 26.2 Å². The van der Waals surface area contributed by atoms with Crippen molar-refractivity contribution in [3.8, 4) is 0 Å². The van der Waals surface area contributed by atoms with Crippen LogP contribution in [0.4, 0.5) is 0 Å². The van der Waals surface area contributed by atoms with Gasteiger partial charge in [-0.1, -0.05) is 6.92 Å². The molecule has 0 bridgehead atoms. The summed E-state index contributed by atoms with van der Waals surface area (Å²) in [5.74, 6) is 0.778. The zero-order valence-corrected chi connectivity index (χ0v) is 10.1. The number of piperazine rings is 1. The van der Waals surface area contributed by atoms with Gasteiger partial charge in [0.15, 0.2) is 0 Å². The Morgan fingerprint density at radius 3 is 2.94 bits per heavy atom. The Hall–Kier alpha value is -1.49. The van der Waals surface area contributed by atoms with Gasteiger partial charge in [-0.25, -0.2) is 9.97 Å². The molecule has 1 aromatic heterocycles. The molecule has 1 amide bonds. The third-order valence-corrected chi connectivity index (χ3v) is 2.80. The number of carbonyl (C=O) groups excluding carboxylic acids is 1. The average molecular weight is 234 g/mol. The number of amides is 1. The van der Waals surface area contributed by atoms with Gasteiger partial charge in [-0.2, -0.15) is 0 Å². The van der Waals surface area contributed by atoms with Crippen molar-refractivity contribution in [2.24, 2.45) is 0 Å². The van der Waals surface area contributed by atoms with Gasteiger partial charge in [-0.05, 0) is 12.5 Å². The van der Waals surface area contributed by atoms with E-state index in [1.54, 1.807) is 12.3 Å². The van der Waals surface area contributed by atoms with Crippen LogP contribution in [0, 0.1) is 0 Å². The Morgan fingerprint density at radius 1 is 1.47 bits per heavy atom. The first-order chi connectivity index (χ1) is 8.31. The SMILES string of the molecule is CCCc1nccc(C(=O)N2CCNCC2)n1. The Bertz CT molecular complexity index is 388. The molecular formula is C12H18N4O. The molecule has 92 valence electrons. The molecule has 1 aromatic rings. The van der Waals surface area contributed by atoms with E-state index in [2.05, 4.69) is 22.2 Å². The molecule has 0 aliphatic carbocycles. The van der Waals surface area contributed by atoms with Crippen LogP contribution in [0.1, 0.15) is 29.7 Å². The number of carbonyl (C=O) groups is 1.